The van der Waals surface area contributed by atoms with Crippen molar-refractivity contribution in [3.05, 3.63) is 0 Å². The van der Waals surface area contributed by atoms with Gasteiger partial charge in [0, 0.05) is 12.8 Å². The normalized spacial score (nSPS) is 12.0. The lowest BCUT2D eigenvalue weighted by atomic mass is 10.1. The third-order valence-electron chi connectivity index (χ3n) is 3.87. The number of ether oxygens (including phenoxy) is 2. The molecular formula is C19H36O5. The van der Waals surface area contributed by atoms with E-state index in [2.05, 4.69) is 6.92 Å². The van der Waals surface area contributed by atoms with E-state index in [1.165, 1.54) is 38.5 Å². The number of hydrogen-bond acceptors (Lipinski definition) is 5. The summed E-state index contributed by atoms with van der Waals surface area (Å²) in [4.78, 5) is 23.0. The molecule has 1 atom stereocenters. The van der Waals surface area contributed by atoms with Gasteiger partial charge >= 0.3 is 11.9 Å². The first-order chi connectivity index (χ1) is 11.6. The molecule has 1 N–H and O–H groups in total. The van der Waals surface area contributed by atoms with Crippen molar-refractivity contribution in [3.63, 3.8) is 0 Å². The second-order valence-corrected chi connectivity index (χ2v) is 6.31. The summed E-state index contributed by atoms with van der Waals surface area (Å²) in [5, 5.41) is 9.18. The number of carbonyl (C=O) groups excluding carboxylic acids is 2. The Morgan fingerprint density at radius 3 is 1.92 bits per heavy atom. The van der Waals surface area contributed by atoms with Gasteiger partial charge in [0.1, 0.15) is 6.61 Å². The predicted octanol–water partition coefficient (Wildman–Crippen LogP) is 4.15. The van der Waals surface area contributed by atoms with Crippen LogP contribution < -0.4 is 0 Å². The first-order valence-corrected chi connectivity index (χ1v) is 9.59. The number of esters is 2. The fraction of sp³-hybridized carbons (Fsp3) is 0.895. The molecule has 0 spiro atoms. The standard InChI is InChI=1S/C19H36O5/c1-3-5-6-7-8-9-10-11-12-14-19(22)24-17(15-20)16-23-18(21)13-4-2/h17,20H,3-16H2,1-2H3. The van der Waals surface area contributed by atoms with Crippen LogP contribution in [0.1, 0.15) is 90.9 Å². The smallest absolute Gasteiger partial charge is 0.306 e. The third kappa shape index (κ3) is 14.5. The lowest BCUT2D eigenvalue weighted by Gasteiger charge is -2.15. The van der Waals surface area contributed by atoms with Crippen molar-refractivity contribution < 1.29 is 24.2 Å². The molecule has 0 bridgehead atoms. The second-order valence-electron chi connectivity index (χ2n) is 6.31. The van der Waals surface area contributed by atoms with Crippen molar-refractivity contribution in [2.75, 3.05) is 13.2 Å². The Bertz CT molecular complexity index is 317. The van der Waals surface area contributed by atoms with E-state index in [9.17, 15) is 14.7 Å². The summed E-state index contributed by atoms with van der Waals surface area (Å²) in [6.07, 6.45) is 11.4. The fourth-order valence-corrected chi connectivity index (χ4v) is 2.41. The molecule has 0 heterocycles. The van der Waals surface area contributed by atoms with Gasteiger partial charge in [-0.05, 0) is 12.8 Å². The Labute approximate surface area is 147 Å². The molecule has 0 fully saturated rings. The van der Waals surface area contributed by atoms with E-state index in [0.717, 1.165) is 19.3 Å². The van der Waals surface area contributed by atoms with Crippen LogP contribution in [0.3, 0.4) is 0 Å². The predicted molar refractivity (Wildman–Crippen MR) is 94.7 cm³/mol. The first kappa shape index (κ1) is 22.9. The van der Waals surface area contributed by atoms with Crippen LogP contribution in [0.5, 0.6) is 0 Å². The van der Waals surface area contributed by atoms with E-state index in [4.69, 9.17) is 9.47 Å². The zero-order valence-corrected chi connectivity index (χ0v) is 15.6. The van der Waals surface area contributed by atoms with Gasteiger partial charge in [0.2, 0.25) is 0 Å². The Balaban J connectivity index is 3.59. The van der Waals surface area contributed by atoms with Crippen molar-refractivity contribution in [2.24, 2.45) is 0 Å². The summed E-state index contributed by atoms with van der Waals surface area (Å²) < 4.78 is 10.1. The van der Waals surface area contributed by atoms with Gasteiger partial charge in [-0.2, -0.15) is 0 Å². The molecule has 0 amide bonds. The van der Waals surface area contributed by atoms with Gasteiger partial charge in [0.15, 0.2) is 6.10 Å². The van der Waals surface area contributed by atoms with Gasteiger partial charge in [-0.3, -0.25) is 9.59 Å². The van der Waals surface area contributed by atoms with Crippen LogP contribution in [0.2, 0.25) is 0 Å². The molecule has 5 heteroatoms. The van der Waals surface area contributed by atoms with Gasteiger partial charge in [0.05, 0.1) is 6.61 Å². The minimum absolute atomic E-state index is 0.0706. The van der Waals surface area contributed by atoms with E-state index in [-0.39, 0.29) is 25.2 Å². The summed E-state index contributed by atoms with van der Waals surface area (Å²) in [5.74, 6) is -0.658. The Morgan fingerprint density at radius 1 is 0.792 bits per heavy atom. The van der Waals surface area contributed by atoms with Gasteiger partial charge in [-0.15, -0.1) is 0 Å². The van der Waals surface area contributed by atoms with Crippen LogP contribution in [0.15, 0.2) is 0 Å². The SMILES string of the molecule is CCCCCCCCCCCC(=O)OC(CO)COC(=O)CCC. The Kier molecular flexibility index (Phi) is 16.0. The molecule has 0 rings (SSSR count). The number of rotatable bonds is 16. The van der Waals surface area contributed by atoms with Crippen molar-refractivity contribution in [2.45, 2.75) is 97.0 Å². The van der Waals surface area contributed by atoms with Gasteiger partial charge in [-0.25, -0.2) is 0 Å². The van der Waals surface area contributed by atoms with E-state index in [1.807, 2.05) is 6.92 Å². The fourth-order valence-electron chi connectivity index (χ4n) is 2.41. The van der Waals surface area contributed by atoms with Gasteiger partial charge in [0.25, 0.3) is 0 Å². The highest BCUT2D eigenvalue weighted by atomic mass is 16.6. The van der Waals surface area contributed by atoms with Crippen LogP contribution >= 0.6 is 0 Å². The van der Waals surface area contributed by atoms with Gasteiger partial charge < -0.3 is 14.6 Å². The molecule has 5 nitrogen and oxygen atoms in total. The molecule has 0 aromatic heterocycles. The van der Waals surface area contributed by atoms with E-state index in [0.29, 0.717) is 19.3 Å². The molecular weight excluding hydrogens is 308 g/mol. The van der Waals surface area contributed by atoms with Crippen LogP contribution in [-0.4, -0.2) is 36.4 Å². The molecule has 0 aliphatic rings. The third-order valence-corrected chi connectivity index (χ3v) is 3.87. The highest BCUT2D eigenvalue weighted by molar-refractivity contribution is 5.70. The lowest BCUT2D eigenvalue weighted by molar-refractivity contribution is -0.161. The molecule has 0 saturated carbocycles. The topological polar surface area (TPSA) is 72.8 Å². The second kappa shape index (κ2) is 16.7. The number of aliphatic hydroxyl groups is 1. The van der Waals surface area contributed by atoms with Crippen LogP contribution in [0, 0.1) is 0 Å². The maximum absolute atomic E-state index is 11.7. The molecule has 0 aliphatic carbocycles. The van der Waals surface area contributed by atoms with Crippen molar-refractivity contribution in [3.8, 4) is 0 Å². The van der Waals surface area contributed by atoms with E-state index < -0.39 is 6.10 Å². The minimum atomic E-state index is -0.753. The zero-order valence-electron chi connectivity index (χ0n) is 15.6. The van der Waals surface area contributed by atoms with E-state index >= 15 is 0 Å². The highest BCUT2D eigenvalue weighted by Gasteiger charge is 2.15. The van der Waals surface area contributed by atoms with Crippen LogP contribution in [0.25, 0.3) is 0 Å². The molecule has 0 saturated heterocycles. The van der Waals surface area contributed by atoms with Gasteiger partial charge in [-0.1, -0.05) is 65.2 Å². The number of carbonyl (C=O) groups is 2. The van der Waals surface area contributed by atoms with Crippen LogP contribution in [0.4, 0.5) is 0 Å². The molecule has 0 aromatic rings. The summed E-state index contributed by atoms with van der Waals surface area (Å²) in [6, 6.07) is 0. The number of unbranched alkanes of at least 4 members (excludes halogenated alkanes) is 8. The Morgan fingerprint density at radius 2 is 1.38 bits per heavy atom. The highest BCUT2D eigenvalue weighted by Crippen LogP contribution is 2.11. The first-order valence-electron chi connectivity index (χ1n) is 9.59. The minimum Gasteiger partial charge on any atom is -0.462 e. The summed E-state index contributed by atoms with van der Waals surface area (Å²) >= 11 is 0. The molecule has 0 radical (unpaired) electrons. The lowest BCUT2D eigenvalue weighted by Crippen LogP contribution is -2.28. The maximum Gasteiger partial charge on any atom is 0.306 e. The quantitative estimate of drug-likeness (QED) is 0.336. The maximum atomic E-state index is 11.7. The van der Waals surface area contributed by atoms with Crippen LogP contribution in [-0.2, 0) is 19.1 Å². The summed E-state index contributed by atoms with van der Waals surface area (Å²) in [6.45, 7) is 3.70. The number of hydrogen-bond donors (Lipinski definition) is 1. The monoisotopic (exact) mass is 344 g/mol. The summed E-state index contributed by atoms with van der Waals surface area (Å²) in [7, 11) is 0. The average molecular weight is 344 g/mol. The molecule has 1 unspecified atom stereocenters. The zero-order chi connectivity index (χ0) is 18.0. The Hall–Kier alpha value is -1.10. The van der Waals surface area contributed by atoms with E-state index in [1.54, 1.807) is 0 Å². The largest absolute Gasteiger partial charge is 0.462 e. The molecule has 142 valence electrons. The average Bonchev–Trinajstić information content (AvgIpc) is 2.57. The molecule has 0 aliphatic heterocycles. The van der Waals surface area contributed by atoms with Crippen molar-refractivity contribution >= 4 is 11.9 Å². The van der Waals surface area contributed by atoms with Crippen molar-refractivity contribution in [1.82, 2.24) is 0 Å². The van der Waals surface area contributed by atoms with Crippen molar-refractivity contribution in [1.29, 1.82) is 0 Å². The summed E-state index contributed by atoms with van der Waals surface area (Å²) in [5.41, 5.74) is 0. The molecule has 24 heavy (non-hydrogen) atoms. The number of aliphatic hydroxyl groups excluding tert-OH is 1. The molecule has 0 aromatic carbocycles.